The lowest BCUT2D eigenvalue weighted by molar-refractivity contribution is -0.616. The van der Waals surface area contributed by atoms with Crippen molar-refractivity contribution in [3.63, 3.8) is 0 Å². The molecule has 9 heteroatoms. The number of halogens is 1. The highest BCUT2D eigenvalue weighted by Gasteiger charge is 3.04. The highest BCUT2D eigenvalue weighted by molar-refractivity contribution is 7.92. The molecule has 2 N–H and O–H groups in total. The molecular formula is C26H21ClN2O5S. The minimum absolute atomic E-state index is 0.0550. The van der Waals surface area contributed by atoms with Crippen LogP contribution in [0.4, 0.5) is 5.69 Å². The van der Waals surface area contributed by atoms with Crippen LogP contribution in [0, 0.1) is 58.2 Å². The van der Waals surface area contributed by atoms with Crippen LogP contribution in [0.25, 0.3) is 0 Å². The molecule has 7 fully saturated rings. The first-order valence-electron chi connectivity index (χ1n) is 12.0. The minimum atomic E-state index is -4.15. The first-order valence-corrected chi connectivity index (χ1v) is 13.9. The van der Waals surface area contributed by atoms with E-state index < -0.39 is 16.0 Å². The SMILES string of the molecule is N#Cc1cc(NS(=O)(=O)c2cc(C(=O)O)ccc2C2CC2)c(OCC23C4C5C6C4C2C6C53)cc1Cl. The first kappa shape index (κ1) is 20.4. The van der Waals surface area contributed by atoms with Crippen LogP contribution >= 0.6 is 11.6 Å². The molecule has 0 spiro atoms. The second-order valence-electron chi connectivity index (χ2n) is 11.2. The summed E-state index contributed by atoms with van der Waals surface area (Å²) < 4.78 is 35.9. The Balaban J connectivity index is 1.13. The van der Waals surface area contributed by atoms with Gasteiger partial charge in [0, 0.05) is 11.5 Å². The Bertz CT molecular complexity index is 1470. The van der Waals surface area contributed by atoms with Crippen molar-refractivity contribution < 1.29 is 23.1 Å². The molecule has 9 rings (SSSR count). The smallest absolute Gasteiger partial charge is 0.335 e. The van der Waals surface area contributed by atoms with E-state index in [1.807, 2.05) is 6.07 Å². The molecular weight excluding hydrogens is 488 g/mol. The zero-order chi connectivity index (χ0) is 24.0. The number of ether oxygens (including phenoxy) is 1. The molecule has 0 atom stereocenters. The van der Waals surface area contributed by atoms with E-state index in [2.05, 4.69) is 4.72 Å². The van der Waals surface area contributed by atoms with E-state index in [1.54, 1.807) is 6.07 Å². The number of benzene rings is 2. The summed E-state index contributed by atoms with van der Waals surface area (Å²) in [6, 6.07) is 9.12. The van der Waals surface area contributed by atoms with Crippen molar-refractivity contribution >= 4 is 33.3 Å². The summed E-state index contributed by atoms with van der Waals surface area (Å²) in [6.45, 7) is 0.544. The van der Waals surface area contributed by atoms with Gasteiger partial charge in [0.15, 0.2) is 0 Å². The van der Waals surface area contributed by atoms with Crippen LogP contribution in [0.1, 0.15) is 40.2 Å². The zero-order valence-corrected chi connectivity index (χ0v) is 20.0. The largest absolute Gasteiger partial charge is 0.491 e. The van der Waals surface area contributed by atoms with Crippen molar-refractivity contribution in [3.8, 4) is 11.8 Å². The Kier molecular flexibility index (Phi) is 3.58. The third-order valence-electron chi connectivity index (χ3n) is 10.2. The van der Waals surface area contributed by atoms with Crippen LogP contribution in [0.15, 0.2) is 35.2 Å². The summed E-state index contributed by atoms with van der Waals surface area (Å²) >= 11 is 6.29. The van der Waals surface area contributed by atoms with E-state index in [9.17, 15) is 23.6 Å². The number of carbonyl (C=O) groups is 1. The lowest BCUT2D eigenvalue weighted by Gasteiger charge is -3.07. The number of nitrogens with zero attached hydrogens (tertiary/aromatic N) is 1. The highest BCUT2D eigenvalue weighted by atomic mass is 35.5. The molecule has 0 amide bonds. The fourth-order valence-corrected chi connectivity index (χ4v) is 10.4. The van der Waals surface area contributed by atoms with Crippen molar-refractivity contribution in [2.75, 3.05) is 11.3 Å². The number of carboxylic acids is 1. The average molecular weight is 509 g/mol. The van der Waals surface area contributed by atoms with Crippen LogP contribution in [-0.4, -0.2) is 26.1 Å². The molecule has 0 aromatic heterocycles. The molecule has 0 unspecified atom stereocenters. The normalized spacial score (nSPS) is 37.9. The number of nitriles is 1. The van der Waals surface area contributed by atoms with Gasteiger partial charge in [0.05, 0.1) is 33.3 Å². The molecule has 178 valence electrons. The summed E-state index contributed by atoms with van der Waals surface area (Å²) in [5.74, 6) is 5.24. The molecule has 2 aromatic carbocycles. The summed E-state index contributed by atoms with van der Waals surface area (Å²) in [6.07, 6.45) is 1.72. The van der Waals surface area contributed by atoms with Gasteiger partial charge in [0.1, 0.15) is 11.8 Å². The van der Waals surface area contributed by atoms with Crippen LogP contribution in [0.2, 0.25) is 5.02 Å². The molecule has 0 saturated heterocycles. The van der Waals surface area contributed by atoms with Gasteiger partial charge in [-0.1, -0.05) is 17.7 Å². The van der Waals surface area contributed by atoms with Crippen LogP contribution < -0.4 is 9.46 Å². The van der Waals surface area contributed by atoms with Crippen molar-refractivity contribution in [3.05, 3.63) is 52.0 Å². The predicted octanol–water partition coefficient (Wildman–Crippen LogP) is 4.33. The molecule has 2 aromatic rings. The van der Waals surface area contributed by atoms with E-state index in [4.69, 9.17) is 16.3 Å². The number of hydrogen-bond acceptors (Lipinski definition) is 5. The lowest BCUT2D eigenvalue weighted by atomic mass is 8.97. The third-order valence-corrected chi connectivity index (χ3v) is 11.9. The summed E-state index contributed by atoms with van der Waals surface area (Å²) in [5.41, 5.74) is 1.05. The van der Waals surface area contributed by atoms with Crippen molar-refractivity contribution in [1.82, 2.24) is 0 Å². The van der Waals surface area contributed by atoms with Crippen LogP contribution in [0.5, 0.6) is 5.75 Å². The Morgan fingerprint density at radius 1 is 1.14 bits per heavy atom. The van der Waals surface area contributed by atoms with Gasteiger partial charge in [0.25, 0.3) is 10.0 Å². The molecule has 7 aliphatic rings. The highest BCUT2D eigenvalue weighted by Crippen LogP contribution is 3.05. The van der Waals surface area contributed by atoms with Gasteiger partial charge in [-0.3, -0.25) is 4.72 Å². The molecule has 35 heavy (non-hydrogen) atoms. The number of hydrogen-bond donors (Lipinski definition) is 2. The molecule has 7 aliphatic carbocycles. The second kappa shape index (κ2) is 6.13. The Morgan fingerprint density at radius 3 is 2.43 bits per heavy atom. The molecule has 7 nitrogen and oxygen atoms in total. The van der Waals surface area contributed by atoms with E-state index in [-0.39, 0.29) is 38.1 Å². The Morgan fingerprint density at radius 2 is 1.83 bits per heavy atom. The molecule has 0 heterocycles. The maximum atomic E-state index is 13.5. The third kappa shape index (κ3) is 2.20. The molecule has 7 saturated carbocycles. The number of aromatic carboxylic acids is 1. The maximum Gasteiger partial charge on any atom is 0.335 e. The quantitative estimate of drug-likeness (QED) is 0.548. The van der Waals surface area contributed by atoms with E-state index >= 15 is 0 Å². The number of anilines is 1. The Labute approximate surface area is 207 Å². The first-order chi connectivity index (χ1) is 16.8. The maximum absolute atomic E-state index is 13.5. The zero-order valence-electron chi connectivity index (χ0n) is 18.4. The van der Waals surface area contributed by atoms with Gasteiger partial charge in [0.2, 0.25) is 0 Å². The van der Waals surface area contributed by atoms with Gasteiger partial charge >= 0.3 is 5.97 Å². The fourth-order valence-electron chi connectivity index (χ4n) is 8.83. The summed E-state index contributed by atoms with van der Waals surface area (Å²) in [7, 11) is -4.15. The lowest BCUT2D eigenvalue weighted by Crippen LogP contribution is -3.06. The number of sulfonamides is 1. The topological polar surface area (TPSA) is 116 Å². The van der Waals surface area contributed by atoms with E-state index in [0.717, 1.165) is 54.3 Å². The van der Waals surface area contributed by atoms with Crippen molar-refractivity contribution in [1.29, 1.82) is 5.26 Å². The standard InChI is InChI=1S/C26H21ClN2O5S/c27-14-7-16(34-9-26-22-19-18-20(22)24(26)21(18)23(19)26)15(5-12(14)8-28)29-35(32,33)17-6-11(25(30)31)3-4-13(17)10-1-2-10/h3-7,10,18-24,29H,1-2,9H2,(H,30,31). The second-order valence-corrected chi connectivity index (χ2v) is 13.2. The number of nitrogens with one attached hydrogen (secondary N) is 1. The fraction of sp³-hybridized carbons (Fsp3) is 0.462. The van der Waals surface area contributed by atoms with E-state index in [0.29, 0.717) is 17.9 Å². The molecule has 0 bridgehead atoms. The molecule has 0 radical (unpaired) electrons. The van der Waals surface area contributed by atoms with Gasteiger partial charge < -0.3 is 9.84 Å². The van der Waals surface area contributed by atoms with Crippen molar-refractivity contribution in [2.45, 2.75) is 23.7 Å². The summed E-state index contributed by atoms with van der Waals surface area (Å²) in [4.78, 5) is 11.5. The van der Waals surface area contributed by atoms with Gasteiger partial charge in [-0.05, 0) is 83.9 Å². The van der Waals surface area contributed by atoms with Gasteiger partial charge in [-0.15, -0.1) is 0 Å². The number of rotatable bonds is 8. The average Bonchev–Trinajstić information content (AvgIpc) is 3.69. The van der Waals surface area contributed by atoms with Gasteiger partial charge in [-0.2, -0.15) is 5.26 Å². The molecule has 0 aliphatic heterocycles. The van der Waals surface area contributed by atoms with Crippen LogP contribution in [-0.2, 0) is 10.0 Å². The monoisotopic (exact) mass is 508 g/mol. The Hall–Kier alpha value is -2.76. The van der Waals surface area contributed by atoms with Crippen molar-refractivity contribution in [2.24, 2.45) is 46.8 Å². The predicted molar refractivity (Wildman–Crippen MR) is 125 cm³/mol. The van der Waals surface area contributed by atoms with Gasteiger partial charge in [-0.25, -0.2) is 13.2 Å². The van der Waals surface area contributed by atoms with E-state index in [1.165, 1.54) is 24.3 Å². The number of carboxylic acid groups (broad SMARTS) is 1. The minimum Gasteiger partial charge on any atom is -0.491 e. The summed E-state index contributed by atoms with van der Waals surface area (Å²) in [5, 5.41) is 19.1. The van der Waals surface area contributed by atoms with Crippen LogP contribution in [0.3, 0.4) is 0 Å².